The molecule has 0 aliphatic rings. The maximum Gasteiger partial charge on any atom is 0.343 e. The van der Waals surface area contributed by atoms with E-state index in [1.807, 2.05) is 43.3 Å². The number of rotatable bonds is 9. The molecule has 0 spiro atoms. The van der Waals surface area contributed by atoms with Crippen LogP contribution in [0.5, 0.6) is 17.2 Å². The Morgan fingerprint density at radius 3 is 2.36 bits per heavy atom. The lowest BCUT2D eigenvalue weighted by molar-refractivity contribution is -0.123. The molecular formula is C26H26N2O5. The minimum absolute atomic E-state index is 0.153. The fourth-order valence-electron chi connectivity index (χ4n) is 2.88. The smallest absolute Gasteiger partial charge is 0.343 e. The zero-order chi connectivity index (χ0) is 23.6. The van der Waals surface area contributed by atoms with Gasteiger partial charge >= 0.3 is 5.97 Å². The monoisotopic (exact) mass is 446 g/mol. The number of benzene rings is 3. The molecule has 0 aliphatic heterocycles. The highest BCUT2D eigenvalue weighted by atomic mass is 16.6. The molecule has 0 atom stereocenters. The van der Waals surface area contributed by atoms with E-state index in [0.717, 1.165) is 12.0 Å². The molecule has 0 aliphatic carbocycles. The van der Waals surface area contributed by atoms with Crippen molar-refractivity contribution in [3.05, 3.63) is 89.0 Å². The lowest BCUT2D eigenvalue weighted by atomic mass is 10.1. The third-order valence-corrected chi connectivity index (χ3v) is 4.78. The Morgan fingerprint density at radius 1 is 0.970 bits per heavy atom. The average Bonchev–Trinajstić information content (AvgIpc) is 2.84. The first-order chi connectivity index (χ1) is 16.0. The lowest BCUT2D eigenvalue weighted by Crippen LogP contribution is -2.24. The van der Waals surface area contributed by atoms with E-state index in [4.69, 9.17) is 14.2 Å². The maximum atomic E-state index is 12.4. The van der Waals surface area contributed by atoms with Crippen LogP contribution in [0.15, 0.2) is 71.8 Å². The number of nitrogens with one attached hydrogen (secondary N) is 1. The third kappa shape index (κ3) is 6.93. The summed E-state index contributed by atoms with van der Waals surface area (Å²) in [5, 5.41) is 3.94. The van der Waals surface area contributed by atoms with Crippen molar-refractivity contribution in [2.75, 3.05) is 13.7 Å². The van der Waals surface area contributed by atoms with Gasteiger partial charge in [0.25, 0.3) is 5.91 Å². The molecule has 3 aromatic rings. The van der Waals surface area contributed by atoms with Crippen molar-refractivity contribution in [2.45, 2.75) is 20.3 Å². The summed E-state index contributed by atoms with van der Waals surface area (Å²) in [5.74, 6) is 0.399. The number of hydrazone groups is 1. The molecule has 0 radical (unpaired) electrons. The molecule has 170 valence electrons. The van der Waals surface area contributed by atoms with E-state index in [1.54, 1.807) is 30.3 Å². The van der Waals surface area contributed by atoms with E-state index < -0.39 is 5.97 Å². The van der Waals surface area contributed by atoms with E-state index in [-0.39, 0.29) is 18.3 Å². The predicted molar refractivity (Wildman–Crippen MR) is 126 cm³/mol. The van der Waals surface area contributed by atoms with Crippen LogP contribution in [0.4, 0.5) is 0 Å². The van der Waals surface area contributed by atoms with Gasteiger partial charge in [-0.15, -0.1) is 0 Å². The molecule has 0 aromatic heterocycles. The van der Waals surface area contributed by atoms with Gasteiger partial charge in [-0.05, 0) is 66.9 Å². The van der Waals surface area contributed by atoms with Gasteiger partial charge in [-0.3, -0.25) is 4.79 Å². The summed E-state index contributed by atoms with van der Waals surface area (Å²) in [7, 11) is 1.48. The highest BCUT2D eigenvalue weighted by Crippen LogP contribution is 2.28. The summed E-state index contributed by atoms with van der Waals surface area (Å²) >= 11 is 0. The number of aryl methyl sites for hydroxylation is 2. The molecule has 33 heavy (non-hydrogen) atoms. The Hall–Kier alpha value is -4.13. The summed E-state index contributed by atoms with van der Waals surface area (Å²) in [6, 6.07) is 19.6. The molecule has 1 N–H and O–H groups in total. The van der Waals surface area contributed by atoms with Crippen molar-refractivity contribution in [1.82, 2.24) is 5.43 Å². The Bertz CT molecular complexity index is 1120. The standard InChI is InChI=1S/C26H26N2O5/c1-4-19-7-12-22(13-8-19)32-17-25(29)28-27-16-20-9-14-23(24(15-20)31-3)33-26(30)21-10-5-18(2)6-11-21/h5-16H,4,17H2,1-3H3,(H,28,29). The van der Waals surface area contributed by atoms with Gasteiger partial charge in [-0.25, -0.2) is 10.2 Å². The second-order valence-corrected chi connectivity index (χ2v) is 7.25. The molecule has 0 bridgehead atoms. The zero-order valence-electron chi connectivity index (χ0n) is 18.8. The fraction of sp³-hybridized carbons (Fsp3) is 0.192. The van der Waals surface area contributed by atoms with Gasteiger partial charge in [0.1, 0.15) is 5.75 Å². The molecule has 0 saturated heterocycles. The normalized spacial score (nSPS) is 10.6. The first-order valence-electron chi connectivity index (χ1n) is 10.5. The third-order valence-electron chi connectivity index (χ3n) is 4.78. The number of hydrogen-bond acceptors (Lipinski definition) is 6. The highest BCUT2D eigenvalue weighted by molar-refractivity contribution is 5.91. The molecule has 0 saturated carbocycles. The number of esters is 1. The van der Waals surface area contributed by atoms with Crippen LogP contribution >= 0.6 is 0 Å². The number of methoxy groups -OCH3 is 1. The van der Waals surface area contributed by atoms with Crippen molar-refractivity contribution in [1.29, 1.82) is 0 Å². The molecule has 7 nitrogen and oxygen atoms in total. The van der Waals surface area contributed by atoms with Crippen LogP contribution < -0.4 is 19.6 Å². The summed E-state index contributed by atoms with van der Waals surface area (Å²) in [5.41, 5.74) is 5.76. The molecule has 0 fully saturated rings. The Balaban J connectivity index is 1.54. The minimum atomic E-state index is -0.480. The lowest BCUT2D eigenvalue weighted by Gasteiger charge is -2.10. The molecule has 0 heterocycles. The number of amides is 1. The Kier molecular flexibility index (Phi) is 8.18. The summed E-state index contributed by atoms with van der Waals surface area (Å²) in [6.45, 7) is 3.86. The Morgan fingerprint density at radius 2 is 1.70 bits per heavy atom. The molecule has 3 rings (SSSR count). The molecule has 0 unspecified atom stereocenters. The van der Waals surface area contributed by atoms with Crippen LogP contribution in [0.3, 0.4) is 0 Å². The van der Waals surface area contributed by atoms with E-state index in [1.165, 1.54) is 18.9 Å². The van der Waals surface area contributed by atoms with E-state index in [9.17, 15) is 9.59 Å². The van der Waals surface area contributed by atoms with Gasteiger partial charge in [0.05, 0.1) is 18.9 Å². The van der Waals surface area contributed by atoms with E-state index in [0.29, 0.717) is 22.6 Å². The zero-order valence-corrected chi connectivity index (χ0v) is 18.8. The van der Waals surface area contributed by atoms with Gasteiger partial charge in [0.2, 0.25) is 0 Å². The second kappa shape index (κ2) is 11.5. The van der Waals surface area contributed by atoms with Crippen molar-refractivity contribution in [3.8, 4) is 17.2 Å². The van der Waals surface area contributed by atoms with Crippen LogP contribution in [-0.2, 0) is 11.2 Å². The van der Waals surface area contributed by atoms with Crippen molar-refractivity contribution < 1.29 is 23.8 Å². The van der Waals surface area contributed by atoms with Crippen LogP contribution in [0.1, 0.15) is 34.0 Å². The van der Waals surface area contributed by atoms with E-state index >= 15 is 0 Å². The van der Waals surface area contributed by atoms with Gasteiger partial charge in [-0.1, -0.05) is 36.8 Å². The van der Waals surface area contributed by atoms with Crippen LogP contribution in [0.25, 0.3) is 0 Å². The molecule has 7 heteroatoms. The Labute approximate surface area is 193 Å². The predicted octanol–water partition coefficient (Wildman–Crippen LogP) is 4.31. The summed E-state index contributed by atoms with van der Waals surface area (Å²) in [4.78, 5) is 24.3. The van der Waals surface area contributed by atoms with Crippen LogP contribution in [0, 0.1) is 6.92 Å². The minimum Gasteiger partial charge on any atom is -0.493 e. The summed E-state index contributed by atoms with van der Waals surface area (Å²) in [6.07, 6.45) is 2.40. The van der Waals surface area contributed by atoms with Crippen molar-refractivity contribution >= 4 is 18.1 Å². The second-order valence-electron chi connectivity index (χ2n) is 7.25. The highest BCUT2D eigenvalue weighted by Gasteiger charge is 2.12. The van der Waals surface area contributed by atoms with Gasteiger partial charge in [-0.2, -0.15) is 5.10 Å². The number of carbonyl (C=O) groups excluding carboxylic acids is 2. The van der Waals surface area contributed by atoms with Crippen LogP contribution in [-0.4, -0.2) is 31.8 Å². The number of ether oxygens (including phenoxy) is 3. The topological polar surface area (TPSA) is 86.2 Å². The SMILES string of the molecule is CCc1ccc(OCC(=O)NN=Cc2ccc(OC(=O)c3ccc(C)cc3)c(OC)c2)cc1. The molecule has 3 aromatic carbocycles. The van der Waals surface area contributed by atoms with Gasteiger partial charge in [0, 0.05) is 0 Å². The number of nitrogens with zero attached hydrogens (tertiary/aromatic N) is 1. The quantitative estimate of drug-likeness (QED) is 0.229. The number of hydrogen-bond donors (Lipinski definition) is 1. The van der Waals surface area contributed by atoms with E-state index in [2.05, 4.69) is 17.5 Å². The summed E-state index contributed by atoms with van der Waals surface area (Å²) < 4.78 is 16.2. The van der Waals surface area contributed by atoms with Crippen molar-refractivity contribution in [3.63, 3.8) is 0 Å². The molecule has 1 amide bonds. The first kappa shape index (κ1) is 23.5. The van der Waals surface area contributed by atoms with Gasteiger partial charge in [0.15, 0.2) is 18.1 Å². The first-order valence-corrected chi connectivity index (χ1v) is 10.5. The average molecular weight is 447 g/mol. The molecular weight excluding hydrogens is 420 g/mol. The van der Waals surface area contributed by atoms with Crippen molar-refractivity contribution in [2.24, 2.45) is 5.10 Å². The number of carbonyl (C=O) groups is 2. The largest absolute Gasteiger partial charge is 0.493 e. The van der Waals surface area contributed by atoms with Crippen LogP contribution in [0.2, 0.25) is 0 Å². The maximum absolute atomic E-state index is 12.4. The fourth-order valence-corrected chi connectivity index (χ4v) is 2.88. The van der Waals surface area contributed by atoms with Gasteiger partial charge < -0.3 is 14.2 Å².